The van der Waals surface area contributed by atoms with Crippen molar-refractivity contribution < 1.29 is 12.9 Å². The predicted molar refractivity (Wildman–Crippen MR) is 72.8 cm³/mol. The Labute approximate surface area is 116 Å². The minimum atomic E-state index is -3.22. The highest BCUT2D eigenvalue weighted by Gasteiger charge is 2.14. The summed E-state index contributed by atoms with van der Waals surface area (Å²) in [6.07, 6.45) is 1.92. The van der Waals surface area contributed by atoms with Crippen LogP contribution in [0, 0.1) is 0 Å². The fourth-order valence-corrected chi connectivity index (χ4v) is 3.68. The average Bonchev–Trinajstić information content (AvgIpc) is 2.83. The Hall–Kier alpha value is -1.34. The van der Waals surface area contributed by atoms with Gasteiger partial charge in [-0.2, -0.15) is 4.98 Å². The van der Waals surface area contributed by atoms with Gasteiger partial charge in [0.1, 0.15) is 0 Å². The normalized spacial score (nSPS) is 11.7. The maximum absolute atomic E-state index is 11.7. The lowest BCUT2D eigenvalue weighted by atomic mass is 10.4. The van der Waals surface area contributed by atoms with Crippen LogP contribution in [0.5, 0.6) is 0 Å². The first kappa shape index (κ1) is 14.1. The van der Waals surface area contributed by atoms with Crippen molar-refractivity contribution in [2.24, 2.45) is 0 Å². The lowest BCUT2D eigenvalue weighted by molar-refractivity contribution is 0.385. The van der Waals surface area contributed by atoms with Gasteiger partial charge in [-0.1, -0.05) is 24.2 Å². The predicted octanol–water partition coefficient (Wildman–Crippen LogP) is 2.33. The number of hydrogen-bond donors (Lipinski definition) is 0. The van der Waals surface area contributed by atoms with Gasteiger partial charge in [0.2, 0.25) is 5.89 Å². The number of rotatable bonds is 5. The van der Waals surface area contributed by atoms with Crippen LogP contribution in [0.25, 0.3) is 0 Å². The zero-order chi connectivity index (χ0) is 13.9. The van der Waals surface area contributed by atoms with Crippen molar-refractivity contribution in [3.63, 3.8) is 0 Å². The van der Waals surface area contributed by atoms with Crippen LogP contribution in [-0.2, 0) is 22.0 Å². The molecule has 0 saturated heterocycles. The molecular formula is C12H14N2O3S2. The van der Waals surface area contributed by atoms with Crippen LogP contribution in [0.3, 0.4) is 0 Å². The smallest absolute Gasteiger partial charge is 0.237 e. The van der Waals surface area contributed by atoms with E-state index in [0.717, 1.165) is 0 Å². The lowest BCUT2D eigenvalue weighted by Crippen LogP contribution is -1.99. The van der Waals surface area contributed by atoms with E-state index < -0.39 is 9.84 Å². The van der Waals surface area contributed by atoms with Gasteiger partial charge in [0.05, 0.1) is 10.6 Å². The largest absolute Gasteiger partial charge is 0.338 e. The van der Waals surface area contributed by atoms with Crippen molar-refractivity contribution >= 4 is 21.6 Å². The first-order chi connectivity index (χ1) is 9.00. The molecule has 0 unspecified atom stereocenters. The van der Waals surface area contributed by atoms with E-state index in [4.69, 9.17) is 4.52 Å². The SMILES string of the molecule is CCc1noc(CSc2ccccc2S(C)(=O)=O)n1. The second kappa shape index (κ2) is 5.75. The number of hydrogen-bond acceptors (Lipinski definition) is 6. The third-order valence-electron chi connectivity index (χ3n) is 2.43. The Morgan fingerprint density at radius 1 is 1.32 bits per heavy atom. The van der Waals surface area contributed by atoms with Crippen molar-refractivity contribution in [1.82, 2.24) is 10.1 Å². The number of benzene rings is 1. The van der Waals surface area contributed by atoms with Crippen LogP contribution in [0.4, 0.5) is 0 Å². The molecule has 0 bridgehead atoms. The summed E-state index contributed by atoms with van der Waals surface area (Å²) in [4.78, 5) is 5.21. The van der Waals surface area contributed by atoms with Gasteiger partial charge in [0, 0.05) is 17.6 Å². The highest BCUT2D eigenvalue weighted by Crippen LogP contribution is 2.28. The quantitative estimate of drug-likeness (QED) is 0.789. The summed E-state index contributed by atoms with van der Waals surface area (Å²) in [5.41, 5.74) is 0. The molecule has 1 aromatic heterocycles. The molecule has 0 aliphatic rings. The fraction of sp³-hybridized carbons (Fsp3) is 0.333. The first-order valence-electron chi connectivity index (χ1n) is 5.74. The minimum Gasteiger partial charge on any atom is -0.338 e. The maximum atomic E-state index is 11.7. The monoisotopic (exact) mass is 298 g/mol. The molecule has 0 saturated carbocycles. The van der Waals surface area contributed by atoms with Gasteiger partial charge in [-0.25, -0.2) is 8.42 Å². The molecule has 19 heavy (non-hydrogen) atoms. The van der Waals surface area contributed by atoms with E-state index in [1.807, 2.05) is 13.0 Å². The third-order valence-corrected chi connectivity index (χ3v) is 4.77. The van der Waals surface area contributed by atoms with E-state index in [1.165, 1.54) is 18.0 Å². The molecule has 102 valence electrons. The molecule has 0 N–H and O–H groups in total. The van der Waals surface area contributed by atoms with Gasteiger partial charge < -0.3 is 4.52 Å². The van der Waals surface area contributed by atoms with Gasteiger partial charge in [-0.3, -0.25) is 0 Å². The standard InChI is InChI=1S/C12H14N2O3S2/c1-3-11-13-12(17-14-11)8-18-9-6-4-5-7-10(9)19(2,15)16/h4-7H,3,8H2,1-2H3. The first-order valence-corrected chi connectivity index (χ1v) is 8.61. The summed E-state index contributed by atoms with van der Waals surface area (Å²) >= 11 is 1.38. The zero-order valence-electron chi connectivity index (χ0n) is 10.7. The molecule has 7 heteroatoms. The van der Waals surface area contributed by atoms with Crippen LogP contribution in [0.2, 0.25) is 0 Å². The van der Waals surface area contributed by atoms with Crippen LogP contribution < -0.4 is 0 Å². The molecule has 1 heterocycles. The Morgan fingerprint density at radius 3 is 2.68 bits per heavy atom. The number of aromatic nitrogens is 2. The molecule has 0 amide bonds. The van der Waals surface area contributed by atoms with E-state index in [9.17, 15) is 8.42 Å². The van der Waals surface area contributed by atoms with E-state index in [2.05, 4.69) is 10.1 Å². The summed E-state index contributed by atoms with van der Waals surface area (Å²) in [6.45, 7) is 1.95. The molecule has 1 aromatic carbocycles. The summed E-state index contributed by atoms with van der Waals surface area (Å²) in [5, 5.41) is 3.80. The summed E-state index contributed by atoms with van der Waals surface area (Å²) in [5.74, 6) is 1.62. The van der Waals surface area contributed by atoms with E-state index in [-0.39, 0.29) is 0 Å². The number of sulfone groups is 1. The highest BCUT2D eigenvalue weighted by atomic mass is 32.2. The molecule has 0 spiro atoms. The van der Waals surface area contributed by atoms with Crippen molar-refractivity contribution in [2.45, 2.75) is 28.9 Å². The van der Waals surface area contributed by atoms with Gasteiger partial charge >= 0.3 is 0 Å². The van der Waals surface area contributed by atoms with Crippen LogP contribution in [0.1, 0.15) is 18.6 Å². The van der Waals surface area contributed by atoms with Crippen LogP contribution in [-0.4, -0.2) is 24.8 Å². The Morgan fingerprint density at radius 2 is 2.05 bits per heavy atom. The average molecular weight is 298 g/mol. The van der Waals surface area contributed by atoms with E-state index in [0.29, 0.717) is 33.7 Å². The van der Waals surface area contributed by atoms with E-state index in [1.54, 1.807) is 18.2 Å². The molecule has 0 fully saturated rings. The molecule has 2 aromatic rings. The molecular weight excluding hydrogens is 284 g/mol. The molecule has 0 radical (unpaired) electrons. The Balaban J connectivity index is 2.16. The van der Waals surface area contributed by atoms with E-state index >= 15 is 0 Å². The fourth-order valence-electron chi connectivity index (χ4n) is 1.51. The van der Waals surface area contributed by atoms with Crippen molar-refractivity contribution in [1.29, 1.82) is 0 Å². The molecule has 0 aliphatic carbocycles. The Bertz CT molecular complexity index is 665. The molecule has 0 aliphatic heterocycles. The second-order valence-corrected chi connectivity index (χ2v) is 6.97. The summed E-state index contributed by atoms with van der Waals surface area (Å²) in [6, 6.07) is 6.89. The van der Waals surface area contributed by atoms with Gasteiger partial charge in [0.15, 0.2) is 15.7 Å². The van der Waals surface area contributed by atoms with Gasteiger partial charge in [0.25, 0.3) is 0 Å². The number of nitrogens with zero attached hydrogens (tertiary/aromatic N) is 2. The molecule has 2 rings (SSSR count). The van der Waals surface area contributed by atoms with Crippen molar-refractivity contribution in [2.75, 3.05) is 6.26 Å². The van der Waals surface area contributed by atoms with Crippen molar-refractivity contribution in [3.8, 4) is 0 Å². The summed E-state index contributed by atoms with van der Waals surface area (Å²) in [7, 11) is -3.22. The topological polar surface area (TPSA) is 73.1 Å². The second-order valence-electron chi connectivity index (χ2n) is 3.97. The lowest BCUT2D eigenvalue weighted by Gasteiger charge is -2.05. The van der Waals surface area contributed by atoms with Crippen LogP contribution in [0.15, 0.2) is 38.6 Å². The zero-order valence-corrected chi connectivity index (χ0v) is 12.3. The number of aryl methyl sites for hydroxylation is 1. The minimum absolute atomic E-state index is 0.329. The number of thioether (sulfide) groups is 1. The maximum Gasteiger partial charge on any atom is 0.237 e. The Kier molecular flexibility index (Phi) is 4.26. The molecule has 0 atom stereocenters. The van der Waals surface area contributed by atoms with Crippen LogP contribution >= 0.6 is 11.8 Å². The highest BCUT2D eigenvalue weighted by molar-refractivity contribution is 7.99. The van der Waals surface area contributed by atoms with Crippen molar-refractivity contribution in [3.05, 3.63) is 36.0 Å². The molecule has 5 nitrogen and oxygen atoms in total. The third kappa shape index (κ3) is 3.57. The summed E-state index contributed by atoms with van der Waals surface area (Å²) < 4.78 is 28.4. The van der Waals surface area contributed by atoms with Gasteiger partial charge in [-0.15, -0.1) is 11.8 Å². The van der Waals surface area contributed by atoms with Gasteiger partial charge in [-0.05, 0) is 12.1 Å².